The minimum absolute atomic E-state index is 0.00817. The second-order valence-electron chi connectivity index (χ2n) is 5.33. The van der Waals surface area contributed by atoms with Crippen LogP contribution >= 0.6 is 0 Å². The molecule has 3 saturated heterocycles. The Labute approximate surface area is 113 Å². The molecule has 0 amide bonds. The second kappa shape index (κ2) is 5.74. The molecule has 0 saturated carbocycles. The van der Waals surface area contributed by atoms with Gasteiger partial charge in [0.05, 0.1) is 6.42 Å². The SMILES string of the molecule is CN(CCC(=O)O)S(=O)(=O)NC1CN2CCC1CC2. The number of carboxylic acids is 1. The van der Waals surface area contributed by atoms with E-state index >= 15 is 0 Å². The highest BCUT2D eigenvalue weighted by Gasteiger charge is 2.36. The molecule has 3 rings (SSSR count). The van der Waals surface area contributed by atoms with Gasteiger partial charge in [-0.2, -0.15) is 17.4 Å². The van der Waals surface area contributed by atoms with Crippen molar-refractivity contribution in [2.24, 2.45) is 5.92 Å². The molecule has 8 heteroatoms. The number of piperidine rings is 3. The van der Waals surface area contributed by atoms with Gasteiger partial charge >= 0.3 is 5.97 Å². The molecule has 2 N–H and O–H groups in total. The van der Waals surface area contributed by atoms with Crippen LogP contribution in [0.1, 0.15) is 19.3 Å². The molecule has 2 bridgehead atoms. The van der Waals surface area contributed by atoms with Gasteiger partial charge in [-0.3, -0.25) is 4.79 Å². The first-order chi connectivity index (χ1) is 8.88. The van der Waals surface area contributed by atoms with Crippen LogP contribution in [0.5, 0.6) is 0 Å². The molecule has 7 nitrogen and oxygen atoms in total. The van der Waals surface area contributed by atoms with Crippen molar-refractivity contribution in [3.63, 3.8) is 0 Å². The smallest absolute Gasteiger partial charge is 0.304 e. The van der Waals surface area contributed by atoms with Crippen molar-refractivity contribution in [2.75, 3.05) is 33.2 Å². The molecular formula is C11H21N3O4S. The Hall–Kier alpha value is -0.700. The van der Waals surface area contributed by atoms with Gasteiger partial charge in [-0.15, -0.1) is 0 Å². The number of hydrogen-bond donors (Lipinski definition) is 2. The van der Waals surface area contributed by atoms with E-state index in [9.17, 15) is 13.2 Å². The molecule has 110 valence electrons. The number of nitrogens with one attached hydrogen (secondary N) is 1. The van der Waals surface area contributed by atoms with Gasteiger partial charge < -0.3 is 10.0 Å². The highest BCUT2D eigenvalue weighted by molar-refractivity contribution is 7.87. The maximum absolute atomic E-state index is 12.1. The number of nitrogens with zero attached hydrogens (tertiary/aromatic N) is 2. The zero-order valence-electron chi connectivity index (χ0n) is 11.1. The molecule has 19 heavy (non-hydrogen) atoms. The van der Waals surface area contributed by atoms with Crippen molar-refractivity contribution < 1.29 is 18.3 Å². The highest BCUT2D eigenvalue weighted by Crippen LogP contribution is 2.27. The second-order valence-corrected chi connectivity index (χ2v) is 7.14. The first-order valence-electron chi connectivity index (χ1n) is 6.56. The molecular weight excluding hydrogens is 270 g/mol. The van der Waals surface area contributed by atoms with Gasteiger partial charge in [0.2, 0.25) is 0 Å². The van der Waals surface area contributed by atoms with Crippen molar-refractivity contribution >= 4 is 16.2 Å². The third kappa shape index (κ3) is 3.65. The summed E-state index contributed by atoms with van der Waals surface area (Å²) in [6, 6.07) is -0.0419. The monoisotopic (exact) mass is 291 g/mol. The predicted molar refractivity (Wildman–Crippen MR) is 69.9 cm³/mol. The third-order valence-corrected chi connectivity index (χ3v) is 5.61. The van der Waals surface area contributed by atoms with Gasteiger partial charge in [0, 0.05) is 26.2 Å². The average Bonchev–Trinajstić information content (AvgIpc) is 2.36. The van der Waals surface area contributed by atoms with Gasteiger partial charge in [-0.05, 0) is 31.8 Å². The van der Waals surface area contributed by atoms with Crippen LogP contribution in [0.25, 0.3) is 0 Å². The van der Waals surface area contributed by atoms with Crippen molar-refractivity contribution in [1.29, 1.82) is 0 Å². The lowest BCUT2D eigenvalue weighted by Gasteiger charge is -2.45. The molecule has 0 radical (unpaired) electrons. The summed E-state index contributed by atoms with van der Waals surface area (Å²) >= 11 is 0. The Morgan fingerprint density at radius 1 is 1.42 bits per heavy atom. The van der Waals surface area contributed by atoms with E-state index < -0.39 is 16.2 Å². The van der Waals surface area contributed by atoms with Crippen molar-refractivity contribution in [3.8, 4) is 0 Å². The lowest BCUT2D eigenvalue weighted by molar-refractivity contribution is -0.137. The van der Waals surface area contributed by atoms with Gasteiger partial charge in [-0.1, -0.05) is 0 Å². The summed E-state index contributed by atoms with van der Waals surface area (Å²) in [5, 5.41) is 8.59. The summed E-state index contributed by atoms with van der Waals surface area (Å²) in [6.45, 7) is 2.86. The van der Waals surface area contributed by atoms with Crippen LogP contribution in [0.15, 0.2) is 0 Å². The van der Waals surface area contributed by atoms with Crippen LogP contribution in [0.4, 0.5) is 0 Å². The molecule has 3 aliphatic heterocycles. The Morgan fingerprint density at radius 3 is 2.53 bits per heavy atom. The average molecular weight is 291 g/mol. The molecule has 0 spiro atoms. The molecule has 3 heterocycles. The van der Waals surface area contributed by atoms with E-state index in [1.54, 1.807) is 0 Å². The standard InChI is InChI=1S/C11H21N3O4S/c1-13(5-4-11(15)16)19(17,18)12-10-8-14-6-2-9(10)3-7-14/h9-10,12H,2-8H2,1H3,(H,15,16). The largest absolute Gasteiger partial charge is 0.481 e. The Morgan fingerprint density at radius 2 is 2.05 bits per heavy atom. The molecule has 3 aliphatic rings. The van der Waals surface area contributed by atoms with Crippen LogP contribution in [0.2, 0.25) is 0 Å². The lowest BCUT2D eigenvalue weighted by Crippen LogP contribution is -2.58. The number of carboxylic acid groups (broad SMARTS) is 1. The zero-order valence-corrected chi connectivity index (χ0v) is 11.9. The van der Waals surface area contributed by atoms with Crippen LogP contribution in [-0.2, 0) is 15.0 Å². The Kier molecular flexibility index (Phi) is 4.44. The zero-order chi connectivity index (χ0) is 14.0. The number of carbonyl (C=O) groups is 1. The number of rotatable bonds is 6. The Bertz CT molecular complexity index is 431. The maximum Gasteiger partial charge on any atom is 0.304 e. The summed E-state index contributed by atoms with van der Waals surface area (Å²) in [6.07, 6.45) is 1.88. The van der Waals surface area contributed by atoms with Crippen molar-refractivity contribution in [3.05, 3.63) is 0 Å². The fourth-order valence-electron chi connectivity index (χ4n) is 2.75. The summed E-state index contributed by atoms with van der Waals surface area (Å²) in [5.74, 6) is -0.586. The van der Waals surface area contributed by atoms with Gasteiger partial charge in [0.15, 0.2) is 0 Å². The van der Waals surface area contributed by atoms with Crippen molar-refractivity contribution in [1.82, 2.24) is 13.9 Å². The topological polar surface area (TPSA) is 90.0 Å². The van der Waals surface area contributed by atoms with Crippen LogP contribution < -0.4 is 4.72 Å². The molecule has 1 atom stereocenters. The maximum atomic E-state index is 12.1. The number of fused-ring (bicyclic) bond motifs is 3. The summed E-state index contributed by atoms with van der Waals surface area (Å²) < 4.78 is 28.0. The lowest BCUT2D eigenvalue weighted by atomic mass is 9.85. The van der Waals surface area contributed by atoms with E-state index in [0.29, 0.717) is 5.92 Å². The predicted octanol–water partition coefficient (Wildman–Crippen LogP) is -0.678. The highest BCUT2D eigenvalue weighted by atomic mass is 32.2. The molecule has 1 unspecified atom stereocenters. The van der Waals surface area contributed by atoms with E-state index in [-0.39, 0.29) is 19.0 Å². The van der Waals surface area contributed by atoms with E-state index in [4.69, 9.17) is 5.11 Å². The van der Waals surface area contributed by atoms with Crippen LogP contribution in [0, 0.1) is 5.92 Å². The molecule has 0 aromatic heterocycles. The fraction of sp³-hybridized carbons (Fsp3) is 0.909. The minimum atomic E-state index is -3.58. The minimum Gasteiger partial charge on any atom is -0.481 e. The quantitative estimate of drug-likeness (QED) is 0.677. The number of hydrogen-bond acceptors (Lipinski definition) is 4. The number of aliphatic carboxylic acids is 1. The van der Waals surface area contributed by atoms with Gasteiger partial charge in [0.25, 0.3) is 10.2 Å². The third-order valence-electron chi connectivity index (χ3n) is 4.01. The van der Waals surface area contributed by atoms with Crippen LogP contribution in [0.3, 0.4) is 0 Å². The van der Waals surface area contributed by atoms with Crippen LogP contribution in [-0.4, -0.2) is 68.0 Å². The van der Waals surface area contributed by atoms with E-state index in [0.717, 1.165) is 36.8 Å². The fourth-order valence-corrected chi connectivity index (χ4v) is 3.91. The summed E-state index contributed by atoms with van der Waals surface area (Å²) in [5.41, 5.74) is 0. The van der Waals surface area contributed by atoms with E-state index in [2.05, 4.69) is 9.62 Å². The van der Waals surface area contributed by atoms with Gasteiger partial charge in [0.1, 0.15) is 0 Å². The molecule has 3 fully saturated rings. The molecule has 0 aromatic carbocycles. The van der Waals surface area contributed by atoms with E-state index in [1.807, 2.05) is 0 Å². The molecule has 0 aliphatic carbocycles. The summed E-state index contributed by atoms with van der Waals surface area (Å²) in [7, 11) is -2.18. The van der Waals surface area contributed by atoms with Crippen molar-refractivity contribution in [2.45, 2.75) is 25.3 Å². The Balaban J connectivity index is 1.91. The normalized spacial score (nSPS) is 30.7. The first kappa shape index (κ1) is 14.7. The van der Waals surface area contributed by atoms with E-state index in [1.165, 1.54) is 7.05 Å². The van der Waals surface area contributed by atoms with Gasteiger partial charge in [-0.25, -0.2) is 0 Å². The summed E-state index contributed by atoms with van der Waals surface area (Å²) in [4.78, 5) is 12.7. The molecule has 0 aromatic rings. The first-order valence-corrected chi connectivity index (χ1v) is 8.00.